The van der Waals surface area contributed by atoms with E-state index in [0.29, 0.717) is 0 Å². The van der Waals surface area contributed by atoms with Gasteiger partial charge in [-0.1, -0.05) is 25.4 Å². The molecule has 0 saturated heterocycles. The molecule has 0 N–H and O–H groups in total. The Labute approximate surface area is 66.1 Å². The molecule has 10 heavy (non-hydrogen) atoms. The highest BCUT2D eigenvalue weighted by atomic mass is 35.5. The Hall–Kier alpha value is -0.300. The lowest BCUT2D eigenvalue weighted by molar-refractivity contribution is -0.105. The molecule has 0 saturated carbocycles. The fourth-order valence-electron chi connectivity index (χ4n) is 1.21. The van der Waals surface area contributed by atoms with Gasteiger partial charge in [0.15, 0.2) is 0 Å². The van der Waals surface area contributed by atoms with Gasteiger partial charge in [0, 0.05) is 16.0 Å². The van der Waals surface area contributed by atoms with Crippen molar-refractivity contribution in [3.8, 4) is 0 Å². The summed E-state index contributed by atoms with van der Waals surface area (Å²) in [6.07, 6.45) is 2.71. The summed E-state index contributed by atoms with van der Waals surface area (Å²) < 4.78 is 0. The van der Waals surface area contributed by atoms with Crippen molar-refractivity contribution in [2.75, 3.05) is 0 Å². The highest BCUT2D eigenvalue weighted by molar-refractivity contribution is 6.32. The molecule has 0 bridgehead atoms. The molecule has 0 atom stereocenters. The largest absolute Gasteiger partial charge is 0.298 e. The van der Waals surface area contributed by atoms with E-state index in [9.17, 15) is 4.79 Å². The number of aldehydes is 1. The van der Waals surface area contributed by atoms with Gasteiger partial charge < -0.3 is 0 Å². The molecule has 0 radical (unpaired) electrons. The molecule has 0 amide bonds. The van der Waals surface area contributed by atoms with Crippen LogP contribution in [0, 0.1) is 5.41 Å². The lowest BCUT2D eigenvalue weighted by Gasteiger charge is -2.16. The van der Waals surface area contributed by atoms with Crippen molar-refractivity contribution in [3.05, 3.63) is 10.6 Å². The normalized spacial score (nSPS) is 23.5. The van der Waals surface area contributed by atoms with Crippen LogP contribution in [-0.2, 0) is 4.79 Å². The number of allylic oxidation sites excluding steroid dienone is 2. The van der Waals surface area contributed by atoms with Crippen LogP contribution in [0.4, 0.5) is 0 Å². The lowest BCUT2D eigenvalue weighted by atomic mass is 9.93. The molecule has 0 aromatic carbocycles. The van der Waals surface area contributed by atoms with E-state index in [1.165, 1.54) is 0 Å². The van der Waals surface area contributed by atoms with Crippen molar-refractivity contribution in [2.24, 2.45) is 5.41 Å². The number of hydrogen-bond acceptors (Lipinski definition) is 1. The first kappa shape index (κ1) is 7.80. The van der Waals surface area contributed by atoms with E-state index in [0.717, 1.165) is 29.7 Å². The summed E-state index contributed by atoms with van der Waals surface area (Å²) in [5.74, 6) is 0. The summed E-state index contributed by atoms with van der Waals surface area (Å²) >= 11 is 5.92. The highest BCUT2D eigenvalue weighted by Gasteiger charge is 2.30. The molecule has 0 aromatic heterocycles. The molecule has 1 rings (SSSR count). The average Bonchev–Trinajstić information content (AvgIpc) is 2.10. The fourth-order valence-corrected chi connectivity index (χ4v) is 1.45. The van der Waals surface area contributed by atoms with Crippen molar-refractivity contribution < 1.29 is 4.79 Å². The van der Waals surface area contributed by atoms with Crippen LogP contribution in [0.5, 0.6) is 0 Å². The van der Waals surface area contributed by atoms with Crippen LogP contribution >= 0.6 is 11.6 Å². The van der Waals surface area contributed by atoms with Crippen LogP contribution in [0.15, 0.2) is 10.6 Å². The Morgan fingerprint density at radius 1 is 1.60 bits per heavy atom. The van der Waals surface area contributed by atoms with Crippen LogP contribution in [0.25, 0.3) is 0 Å². The van der Waals surface area contributed by atoms with Gasteiger partial charge in [0.05, 0.1) is 0 Å². The predicted octanol–water partition coefficient (Wildman–Crippen LogP) is 2.50. The topological polar surface area (TPSA) is 17.1 Å². The molecule has 0 spiro atoms. The predicted molar refractivity (Wildman–Crippen MR) is 42.0 cm³/mol. The van der Waals surface area contributed by atoms with Gasteiger partial charge in [0.25, 0.3) is 0 Å². The second kappa shape index (κ2) is 2.39. The van der Waals surface area contributed by atoms with Gasteiger partial charge in [-0.05, 0) is 12.8 Å². The summed E-state index contributed by atoms with van der Waals surface area (Å²) in [6, 6.07) is 0. The standard InChI is InChI=1S/C8H11ClO/c1-8(2)4-3-6(5-10)7(8)9/h5H,3-4H2,1-2H3. The average molecular weight is 159 g/mol. The van der Waals surface area contributed by atoms with E-state index in [1.807, 2.05) is 0 Å². The zero-order valence-electron chi connectivity index (χ0n) is 6.28. The molecule has 1 nitrogen and oxygen atoms in total. The third kappa shape index (κ3) is 1.10. The van der Waals surface area contributed by atoms with Crippen LogP contribution in [-0.4, -0.2) is 6.29 Å². The van der Waals surface area contributed by atoms with Gasteiger partial charge in [-0.15, -0.1) is 0 Å². The van der Waals surface area contributed by atoms with E-state index in [4.69, 9.17) is 11.6 Å². The number of carbonyl (C=O) groups is 1. The third-order valence-electron chi connectivity index (χ3n) is 2.04. The summed E-state index contributed by atoms with van der Waals surface area (Å²) in [4.78, 5) is 10.4. The highest BCUT2D eigenvalue weighted by Crippen LogP contribution is 2.43. The quantitative estimate of drug-likeness (QED) is 0.536. The molecule has 56 valence electrons. The molecule has 1 aliphatic rings. The van der Waals surface area contributed by atoms with Crippen LogP contribution in [0.1, 0.15) is 26.7 Å². The Bertz CT molecular complexity index is 191. The van der Waals surface area contributed by atoms with Crippen molar-refractivity contribution in [1.82, 2.24) is 0 Å². The van der Waals surface area contributed by atoms with Crippen molar-refractivity contribution in [3.63, 3.8) is 0 Å². The second-order valence-electron chi connectivity index (χ2n) is 3.34. The zero-order valence-corrected chi connectivity index (χ0v) is 7.03. The van der Waals surface area contributed by atoms with Crippen LogP contribution in [0.3, 0.4) is 0 Å². The smallest absolute Gasteiger partial charge is 0.147 e. The van der Waals surface area contributed by atoms with E-state index in [-0.39, 0.29) is 5.41 Å². The summed E-state index contributed by atoms with van der Waals surface area (Å²) in [6.45, 7) is 4.12. The molecule has 0 aliphatic heterocycles. The zero-order chi connectivity index (χ0) is 7.78. The van der Waals surface area contributed by atoms with Gasteiger partial charge in [-0.25, -0.2) is 0 Å². The Morgan fingerprint density at radius 2 is 2.20 bits per heavy atom. The number of hydrogen-bond donors (Lipinski definition) is 0. The first-order valence-corrected chi connectivity index (χ1v) is 3.80. The van der Waals surface area contributed by atoms with Gasteiger partial charge in [0.1, 0.15) is 6.29 Å². The third-order valence-corrected chi connectivity index (χ3v) is 2.79. The minimum absolute atomic E-state index is 0.0395. The summed E-state index contributed by atoms with van der Waals surface area (Å²) in [5, 5.41) is 0.752. The number of rotatable bonds is 1. The van der Waals surface area contributed by atoms with E-state index in [1.54, 1.807) is 0 Å². The van der Waals surface area contributed by atoms with Gasteiger partial charge >= 0.3 is 0 Å². The second-order valence-corrected chi connectivity index (χ2v) is 3.72. The minimum Gasteiger partial charge on any atom is -0.298 e. The van der Waals surface area contributed by atoms with Crippen molar-refractivity contribution >= 4 is 17.9 Å². The van der Waals surface area contributed by atoms with E-state index < -0.39 is 0 Å². The van der Waals surface area contributed by atoms with Gasteiger partial charge in [0.2, 0.25) is 0 Å². The maximum Gasteiger partial charge on any atom is 0.147 e. The van der Waals surface area contributed by atoms with Gasteiger partial charge in [-0.2, -0.15) is 0 Å². The molecule has 0 fully saturated rings. The Morgan fingerprint density at radius 3 is 2.40 bits per heavy atom. The SMILES string of the molecule is CC1(C)CCC(C=O)=C1Cl. The summed E-state index contributed by atoms with van der Waals surface area (Å²) in [5.41, 5.74) is 0.823. The van der Waals surface area contributed by atoms with Gasteiger partial charge in [-0.3, -0.25) is 4.79 Å². The minimum atomic E-state index is 0.0395. The molecule has 0 aromatic rings. The number of carbonyl (C=O) groups excluding carboxylic acids is 1. The van der Waals surface area contributed by atoms with Crippen LogP contribution in [0.2, 0.25) is 0 Å². The van der Waals surface area contributed by atoms with Crippen molar-refractivity contribution in [1.29, 1.82) is 0 Å². The molecular formula is C8H11ClO. The maximum absolute atomic E-state index is 10.4. The Balaban J connectivity index is 2.94. The summed E-state index contributed by atoms with van der Waals surface area (Å²) in [7, 11) is 0. The van der Waals surface area contributed by atoms with Crippen LogP contribution < -0.4 is 0 Å². The maximum atomic E-state index is 10.4. The Kier molecular flexibility index (Phi) is 1.86. The molecule has 0 unspecified atom stereocenters. The molecule has 1 aliphatic carbocycles. The van der Waals surface area contributed by atoms with E-state index in [2.05, 4.69) is 13.8 Å². The lowest BCUT2D eigenvalue weighted by Crippen LogP contribution is -2.05. The first-order chi connectivity index (χ1) is 4.58. The molecular weight excluding hydrogens is 148 g/mol. The van der Waals surface area contributed by atoms with Crippen molar-refractivity contribution in [2.45, 2.75) is 26.7 Å². The molecule has 2 heteroatoms. The fraction of sp³-hybridized carbons (Fsp3) is 0.625. The van der Waals surface area contributed by atoms with E-state index >= 15 is 0 Å². The first-order valence-electron chi connectivity index (χ1n) is 3.42. The number of halogens is 1. The monoisotopic (exact) mass is 158 g/mol. The molecule has 0 heterocycles.